The lowest BCUT2D eigenvalue weighted by Crippen LogP contribution is -2.65. The van der Waals surface area contributed by atoms with E-state index in [0.717, 1.165) is 72.6 Å². The molecule has 1 aromatic heterocycles. The van der Waals surface area contributed by atoms with Gasteiger partial charge in [-0.1, -0.05) is 80.9 Å². The molecule has 0 unspecified atom stereocenters. The molecule has 8 nitrogen and oxygen atoms in total. The highest BCUT2D eigenvalue weighted by molar-refractivity contribution is 7.13. The summed E-state index contributed by atoms with van der Waals surface area (Å²) in [6.07, 6.45) is 4.50. The Bertz CT molecular complexity index is 1450. The van der Waals surface area contributed by atoms with Crippen molar-refractivity contribution in [3.05, 3.63) is 76.2 Å². The van der Waals surface area contributed by atoms with Crippen molar-refractivity contribution in [1.82, 2.24) is 20.5 Å². The number of hydrogen-bond acceptors (Lipinski definition) is 7. The summed E-state index contributed by atoms with van der Waals surface area (Å²) in [6.45, 7) is 11.7. The molecule has 10 heteroatoms. The largest absolute Gasteiger partial charge is 0.444 e. The van der Waals surface area contributed by atoms with Crippen LogP contribution in [0.5, 0.6) is 0 Å². The van der Waals surface area contributed by atoms with Crippen LogP contribution in [0.4, 0.5) is 4.79 Å². The molecule has 2 aliphatic rings. The number of alkyl carbamates (subject to hydrolysis) is 1. The summed E-state index contributed by atoms with van der Waals surface area (Å²) in [5.74, 6) is 0.142. The number of ether oxygens (including phenoxy) is 1. The first-order valence-corrected chi connectivity index (χ1v) is 19.3. The van der Waals surface area contributed by atoms with Crippen molar-refractivity contribution in [2.45, 2.75) is 102 Å². The number of nitrogens with zero attached hydrogens (tertiary/aromatic N) is 2. The minimum Gasteiger partial charge on any atom is -0.444 e. The highest BCUT2D eigenvalue weighted by Gasteiger charge is 2.50. The molecule has 0 saturated heterocycles. The lowest BCUT2D eigenvalue weighted by Gasteiger charge is -2.43. The van der Waals surface area contributed by atoms with Crippen LogP contribution in [-0.4, -0.2) is 66.3 Å². The van der Waals surface area contributed by atoms with Crippen LogP contribution < -0.4 is 21.0 Å². The van der Waals surface area contributed by atoms with Gasteiger partial charge in [-0.3, -0.25) is 4.79 Å². The zero-order valence-corrected chi connectivity index (χ0v) is 30.0. The van der Waals surface area contributed by atoms with E-state index in [2.05, 4.69) is 60.7 Å². The Balaban J connectivity index is 1.32. The number of rotatable bonds is 9. The quantitative estimate of drug-likeness (QED) is 0.271. The van der Waals surface area contributed by atoms with Gasteiger partial charge in [0.2, 0.25) is 0 Å². The molecule has 0 bridgehead atoms. The molecule has 3 atom stereocenters. The van der Waals surface area contributed by atoms with Crippen LogP contribution in [0, 0.1) is 5.92 Å². The maximum absolute atomic E-state index is 13.6. The number of benzene rings is 2. The van der Waals surface area contributed by atoms with Crippen molar-refractivity contribution in [3.8, 4) is 0 Å². The number of carbonyl (C=O) groups is 2. The molecule has 2 heterocycles. The summed E-state index contributed by atoms with van der Waals surface area (Å²) >= 11 is 1.47. The van der Waals surface area contributed by atoms with Gasteiger partial charge in [0.25, 0.3) is 14.2 Å². The molecular formula is C36H50N4O4SSi. The third kappa shape index (κ3) is 7.90. The third-order valence-corrected chi connectivity index (χ3v) is 15.3. The van der Waals surface area contributed by atoms with Crippen molar-refractivity contribution < 1.29 is 19.1 Å². The van der Waals surface area contributed by atoms with Crippen LogP contribution >= 0.6 is 11.3 Å². The summed E-state index contributed by atoms with van der Waals surface area (Å²) in [7, 11) is -1.04. The van der Waals surface area contributed by atoms with Gasteiger partial charge in [0, 0.05) is 30.4 Å². The van der Waals surface area contributed by atoms with Gasteiger partial charge in [-0.25, -0.2) is 9.78 Å². The second-order valence-corrected chi connectivity index (χ2v) is 19.8. The maximum Gasteiger partial charge on any atom is 0.407 e. The van der Waals surface area contributed by atoms with E-state index in [9.17, 15) is 14.4 Å². The molecule has 2 aromatic carbocycles. The smallest absolute Gasteiger partial charge is 0.407 e. The predicted molar refractivity (Wildman–Crippen MR) is 187 cm³/mol. The van der Waals surface area contributed by atoms with E-state index in [0.29, 0.717) is 10.9 Å². The van der Waals surface area contributed by atoms with Gasteiger partial charge in [-0.15, -0.1) is 11.3 Å². The maximum atomic E-state index is 13.6. The lowest BCUT2D eigenvalue weighted by molar-refractivity contribution is 0.0462. The first kappa shape index (κ1) is 34.3. The fraction of sp³-hybridized carbons (Fsp3) is 0.528. The summed E-state index contributed by atoms with van der Waals surface area (Å²) in [5, 5.41) is 8.49. The molecule has 3 N–H and O–H groups in total. The Labute approximate surface area is 279 Å². The molecule has 248 valence electrons. The average Bonchev–Trinajstić information content (AvgIpc) is 3.44. The van der Waals surface area contributed by atoms with Crippen LogP contribution in [0.15, 0.2) is 60.7 Å². The molecule has 46 heavy (non-hydrogen) atoms. The zero-order chi connectivity index (χ0) is 33.1. The Morgan fingerprint density at radius 1 is 0.978 bits per heavy atom. The van der Waals surface area contributed by atoms with Gasteiger partial charge in [-0.05, 0) is 74.8 Å². The molecular weight excluding hydrogens is 613 g/mol. The first-order chi connectivity index (χ1) is 21.7. The van der Waals surface area contributed by atoms with E-state index in [1.165, 1.54) is 11.3 Å². The van der Waals surface area contributed by atoms with E-state index in [1.54, 1.807) is 0 Å². The van der Waals surface area contributed by atoms with Crippen LogP contribution in [0.1, 0.15) is 87.1 Å². The van der Waals surface area contributed by atoms with Crippen molar-refractivity contribution in [3.63, 3.8) is 0 Å². The van der Waals surface area contributed by atoms with Gasteiger partial charge in [0.05, 0.1) is 11.7 Å². The standard InChI is InChI=1S/C36H50N4O4SSi/c1-35(2,3)44-34(42)39-28-18-17-25(23-30(28)37-32(41)33-38-29-20-22-40(6)24-31(29)45-33)19-21-36(4,5)46(43,26-13-9-7-10-14-26)27-15-11-8-12-16-27/h7-16,25,28,30,43H,17-24H2,1-6H3,(H,37,41)(H,39,42)/t25-,28-,30-/m0/s1. The van der Waals surface area contributed by atoms with Crippen molar-refractivity contribution in [2.24, 2.45) is 5.92 Å². The second kappa shape index (κ2) is 14.0. The van der Waals surface area contributed by atoms with Gasteiger partial charge >= 0.3 is 6.09 Å². The zero-order valence-electron chi connectivity index (χ0n) is 28.1. The van der Waals surface area contributed by atoms with Gasteiger partial charge in [0.15, 0.2) is 5.01 Å². The molecule has 1 saturated carbocycles. The summed E-state index contributed by atoms with van der Waals surface area (Å²) in [4.78, 5) is 47.2. The van der Waals surface area contributed by atoms with E-state index in [1.807, 2.05) is 57.2 Å². The van der Waals surface area contributed by atoms with Crippen molar-refractivity contribution >= 4 is 42.0 Å². The predicted octanol–water partition coefficient (Wildman–Crippen LogP) is 5.24. The molecule has 5 rings (SSSR count). The Morgan fingerprint density at radius 2 is 1.61 bits per heavy atom. The summed E-state index contributed by atoms with van der Waals surface area (Å²) in [5.41, 5.74) is 0.408. The van der Waals surface area contributed by atoms with Crippen molar-refractivity contribution in [2.75, 3.05) is 13.6 Å². The van der Waals surface area contributed by atoms with Gasteiger partial charge < -0.3 is 25.1 Å². The van der Waals surface area contributed by atoms with E-state index >= 15 is 0 Å². The lowest BCUT2D eigenvalue weighted by atomic mass is 9.79. The van der Waals surface area contributed by atoms with Crippen LogP contribution in [0.25, 0.3) is 0 Å². The Morgan fingerprint density at radius 3 is 2.22 bits per heavy atom. The topological polar surface area (TPSA) is 104 Å². The van der Waals surface area contributed by atoms with E-state index in [-0.39, 0.29) is 23.0 Å². The highest BCUT2D eigenvalue weighted by atomic mass is 32.1. The number of amides is 2. The fourth-order valence-electron chi connectivity index (χ4n) is 7.01. The number of carbonyl (C=O) groups excluding carboxylic acids is 2. The fourth-order valence-corrected chi connectivity index (χ4v) is 11.9. The van der Waals surface area contributed by atoms with Crippen LogP contribution in [0.3, 0.4) is 0 Å². The normalized spacial score (nSPS) is 20.9. The van der Waals surface area contributed by atoms with Crippen LogP contribution in [0.2, 0.25) is 5.04 Å². The SMILES string of the molecule is CN1CCc2nc(C(=O)N[C@H]3C[C@H](CCC(C)(C)[Si](O)(c4ccccc4)c4ccccc4)CC[C@@H]3NC(=O)OC(C)(C)C)sc2C1. The molecule has 0 radical (unpaired) electrons. The Kier molecular flexibility index (Phi) is 10.4. The Hall–Kier alpha value is -3.05. The molecule has 0 spiro atoms. The molecule has 1 aliphatic carbocycles. The van der Waals surface area contributed by atoms with E-state index in [4.69, 9.17) is 9.72 Å². The third-order valence-electron chi connectivity index (χ3n) is 9.63. The number of fused-ring (bicyclic) bond motifs is 1. The first-order valence-electron chi connectivity index (χ1n) is 16.6. The van der Waals surface area contributed by atoms with Crippen LogP contribution in [-0.2, 0) is 17.7 Å². The number of thiazole rings is 1. The molecule has 1 fully saturated rings. The van der Waals surface area contributed by atoms with Crippen molar-refractivity contribution in [1.29, 1.82) is 0 Å². The van der Waals surface area contributed by atoms with E-state index < -0.39 is 20.0 Å². The van der Waals surface area contributed by atoms with Gasteiger partial charge in [-0.2, -0.15) is 0 Å². The number of likely N-dealkylation sites (N-methyl/N-ethyl adjacent to an activating group) is 1. The average molecular weight is 663 g/mol. The monoisotopic (exact) mass is 662 g/mol. The second-order valence-electron chi connectivity index (χ2n) is 14.8. The summed E-state index contributed by atoms with van der Waals surface area (Å²) < 4.78 is 5.58. The number of aromatic nitrogens is 1. The number of hydrogen-bond donors (Lipinski definition) is 3. The molecule has 3 aromatic rings. The number of nitrogens with one attached hydrogen (secondary N) is 2. The minimum atomic E-state index is -3.12. The van der Waals surface area contributed by atoms with Gasteiger partial charge in [0.1, 0.15) is 5.60 Å². The molecule has 1 aliphatic heterocycles. The highest BCUT2D eigenvalue weighted by Crippen LogP contribution is 2.42. The minimum absolute atomic E-state index is 0.182. The summed E-state index contributed by atoms with van der Waals surface area (Å²) in [6, 6.07) is 19.8. The molecule has 2 amide bonds.